The van der Waals surface area contributed by atoms with Gasteiger partial charge in [0, 0.05) is 11.0 Å². The van der Waals surface area contributed by atoms with Crippen LogP contribution in [0.3, 0.4) is 0 Å². The number of benzene rings is 1. The third kappa shape index (κ3) is 1.75. The van der Waals surface area contributed by atoms with E-state index in [1.807, 2.05) is 12.1 Å². The summed E-state index contributed by atoms with van der Waals surface area (Å²) >= 11 is 0. The highest BCUT2D eigenvalue weighted by Crippen LogP contribution is 2.48. The van der Waals surface area contributed by atoms with Crippen LogP contribution in [0.5, 0.6) is 5.75 Å². The normalized spacial score (nSPS) is 30.6. The van der Waals surface area contributed by atoms with Gasteiger partial charge in [-0.2, -0.15) is 0 Å². The smallest absolute Gasteiger partial charge is 0.123 e. The molecule has 3 rings (SSSR count). The van der Waals surface area contributed by atoms with Gasteiger partial charge in [-0.3, -0.25) is 0 Å². The predicted octanol–water partition coefficient (Wildman–Crippen LogP) is 3.05. The van der Waals surface area contributed by atoms with E-state index < -0.39 is 0 Å². The summed E-state index contributed by atoms with van der Waals surface area (Å²) in [7, 11) is 0. The molecule has 0 spiro atoms. The van der Waals surface area contributed by atoms with Crippen molar-refractivity contribution in [1.82, 2.24) is 0 Å². The maximum Gasteiger partial charge on any atom is 0.123 e. The monoisotopic (exact) mass is 232 g/mol. The van der Waals surface area contributed by atoms with Crippen LogP contribution in [0.25, 0.3) is 0 Å². The van der Waals surface area contributed by atoms with Crippen LogP contribution in [-0.2, 0) is 5.41 Å². The molecule has 2 heteroatoms. The number of hydrogen-bond acceptors (Lipinski definition) is 2. The molecule has 1 aromatic carbocycles. The first-order chi connectivity index (χ1) is 7.99. The molecule has 1 aliphatic heterocycles. The van der Waals surface area contributed by atoms with E-state index in [1.165, 1.54) is 5.56 Å². The zero-order chi connectivity index (χ0) is 12.2. The van der Waals surface area contributed by atoms with Gasteiger partial charge in [-0.1, -0.05) is 26.8 Å². The maximum absolute atomic E-state index is 10.3. The largest absolute Gasteiger partial charge is 0.492 e. The number of aliphatic hydroxyl groups is 1. The Morgan fingerprint density at radius 2 is 2.12 bits per heavy atom. The Balaban J connectivity index is 1.93. The van der Waals surface area contributed by atoms with Gasteiger partial charge in [-0.15, -0.1) is 0 Å². The standard InChI is InChI=1S/C15H20O2/c1-9-6-11(9)14(16)10-4-5-13-12(7-10)15(2,3)8-17-13/h4-5,7,9,11,14,16H,6,8H2,1-3H3. The zero-order valence-corrected chi connectivity index (χ0v) is 10.7. The lowest BCUT2D eigenvalue weighted by atomic mass is 9.85. The van der Waals surface area contributed by atoms with Gasteiger partial charge < -0.3 is 9.84 Å². The first kappa shape index (κ1) is 11.1. The summed E-state index contributed by atoms with van der Waals surface area (Å²) in [5.41, 5.74) is 2.36. The van der Waals surface area contributed by atoms with E-state index in [0.717, 1.165) is 24.3 Å². The fourth-order valence-electron chi connectivity index (χ4n) is 2.76. The molecule has 2 nitrogen and oxygen atoms in total. The summed E-state index contributed by atoms with van der Waals surface area (Å²) in [4.78, 5) is 0. The number of hydrogen-bond donors (Lipinski definition) is 1. The molecule has 3 unspecified atom stereocenters. The molecule has 92 valence electrons. The van der Waals surface area contributed by atoms with Crippen LogP contribution in [0.1, 0.15) is 44.4 Å². The lowest BCUT2D eigenvalue weighted by molar-refractivity contribution is 0.148. The molecular weight excluding hydrogens is 212 g/mol. The van der Waals surface area contributed by atoms with Gasteiger partial charge >= 0.3 is 0 Å². The van der Waals surface area contributed by atoms with Crippen LogP contribution in [-0.4, -0.2) is 11.7 Å². The van der Waals surface area contributed by atoms with E-state index in [0.29, 0.717) is 11.8 Å². The summed E-state index contributed by atoms with van der Waals surface area (Å²) in [5.74, 6) is 2.11. The third-order valence-corrected chi connectivity index (χ3v) is 4.24. The highest BCUT2D eigenvalue weighted by atomic mass is 16.5. The van der Waals surface area contributed by atoms with Gasteiger partial charge in [0.15, 0.2) is 0 Å². The second kappa shape index (κ2) is 3.49. The van der Waals surface area contributed by atoms with Crippen molar-refractivity contribution in [2.75, 3.05) is 6.61 Å². The molecular formula is C15H20O2. The van der Waals surface area contributed by atoms with Crippen molar-refractivity contribution < 1.29 is 9.84 Å². The van der Waals surface area contributed by atoms with E-state index in [1.54, 1.807) is 0 Å². The molecule has 2 aliphatic rings. The average Bonchev–Trinajstić information content (AvgIpc) is 2.94. The Morgan fingerprint density at radius 3 is 2.76 bits per heavy atom. The third-order valence-electron chi connectivity index (χ3n) is 4.24. The minimum Gasteiger partial charge on any atom is -0.492 e. The van der Waals surface area contributed by atoms with E-state index in [2.05, 4.69) is 26.8 Å². The number of ether oxygens (including phenoxy) is 1. The molecule has 1 heterocycles. The molecule has 1 aromatic rings. The Hall–Kier alpha value is -1.02. The van der Waals surface area contributed by atoms with Crippen molar-refractivity contribution >= 4 is 0 Å². The van der Waals surface area contributed by atoms with Gasteiger partial charge in [-0.25, -0.2) is 0 Å². The molecule has 0 radical (unpaired) electrons. The lowest BCUT2D eigenvalue weighted by Gasteiger charge is -2.17. The van der Waals surface area contributed by atoms with Gasteiger partial charge in [0.25, 0.3) is 0 Å². The number of aliphatic hydroxyl groups excluding tert-OH is 1. The predicted molar refractivity (Wildman–Crippen MR) is 67.2 cm³/mol. The summed E-state index contributed by atoms with van der Waals surface area (Å²) in [5, 5.41) is 10.3. The lowest BCUT2D eigenvalue weighted by Crippen LogP contribution is -2.18. The zero-order valence-electron chi connectivity index (χ0n) is 10.7. The van der Waals surface area contributed by atoms with Gasteiger partial charge in [-0.05, 0) is 36.0 Å². The summed E-state index contributed by atoms with van der Waals surface area (Å²) in [6, 6.07) is 6.16. The fraction of sp³-hybridized carbons (Fsp3) is 0.600. The summed E-state index contributed by atoms with van der Waals surface area (Å²) < 4.78 is 5.66. The molecule has 1 fully saturated rings. The number of rotatable bonds is 2. The molecule has 17 heavy (non-hydrogen) atoms. The average molecular weight is 232 g/mol. The minimum absolute atomic E-state index is 0.0697. The van der Waals surface area contributed by atoms with Crippen LogP contribution in [0, 0.1) is 11.8 Å². The van der Waals surface area contributed by atoms with Crippen molar-refractivity contribution in [3.63, 3.8) is 0 Å². The van der Waals surface area contributed by atoms with Crippen LogP contribution in [0.4, 0.5) is 0 Å². The summed E-state index contributed by atoms with van der Waals surface area (Å²) in [6.45, 7) is 7.32. The van der Waals surface area contributed by atoms with E-state index in [-0.39, 0.29) is 11.5 Å². The second-order valence-electron chi connectivity index (χ2n) is 6.25. The Bertz CT molecular complexity index is 450. The van der Waals surface area contributed by atoms with Crippen molar-refractivity contribution in [2.45, 2.75) is 38.7 Å². The van der Waals surface area contributed by atoms with E-state index in [9.17, 15) is 5.11 Å². The van der Waals surface area contributed by atoms with Crippen LogP contribution >= 0.6 is 0 Å². The van der Waals surface area contributed by atoms with Gasteiger partial charge in [0.1, 0.15) is 5.75 Å². The Labute approximate surface area is 103 Å². The molecule has 1 N–H and O–H groups in total. The van der Waals surface area contributed by atoms with Crippen LogP contribution < -0.4 is 4.74 Å². The Morgan fingerprint density at radius 1 is 1.41 bits per heavy atom. The first-order valence-corrected chi connectivity index (χ1v) is 6.44. The topological polar surface area (TPSA) is 29.5 Å². The SMILES string of the molecule is CC1CC1C(O)c1ccc2c(c1)C(C)(C)CO2. The second-order valence-corrected chi connectivity index (χ2v) is 6.25. The summed E-state index contributed by atoms with van der Waals surface area (Å²) in [6.07, 6.45) is 0.852. The molecule has 1 aliphatic carbocycles. The van der Waals surface area contributed by atoms with Crippen LogP contribution in [0.2, 0.25) is 0 Å². The van der Waals surface area contributed by atoms with Crippen molar-refractivity contribution in [1.29, 1.82) is 0 Å². The van der Waals surface area contributed by atoms with Gasteiger partial charge in [0.2, 0.25) is 0 Å². The first-order valence-electron chi connectivity index (χ1n) is 6.44. The fourth-order valence-corrected chi connectivity index (χ4v) is 2.76. The van der Waals surface area contributed by atoms with E-state index >= 15 is 0 Å². The Kier molecular flexibility index (Phi) is 2.27. The highest BCUT2D eigenvalue weighted by molar-refractivity contribution is 5.45. The quantitative estimate of drug-likeness (QED) is 0.849. The van der Waals surface area contributed by atoms with Crippen molar-refractivity contribution in [2.24, 2.45) is 11.8 Å². The van der Waals surface area contributed by atoms with Crippen LogP contribution in [0.15, 0.2) is 18.2 Å². The molecule has 1 saturated carbocycles. The molecule has 0 bridgehead atoms. The molecule has 0 aromatic heterocycles. The molecule has 0 amide bonds. The van der Waals surface area contributed by atoms with Crippen molar-refractivity contribution in [3.05, 3.63) is 29.3 Å². The maximum atomic E-state index is 10.3. The molecule has 0 saturated heterocycles. The highest BCUT2D eigenvalue weighted by Gasteiger charge is 2.40. The van der Waals surface area contributed by atoms with E-state index in [4.69, 9.17) is 4.74 Å². The minimum atomic E-state index is -0.299. The van der Waals surface area contributed by atoms with Crippen molar-refractivity contribution in [3.8, 4) is 5.75 Å². The molecule has 3 atom stereocenters. The van der Waals surface area contributed by atoms with Gasteiger partial charge in [0.05, 0.1) is 12.7 Å². The number of fused-ring (bicyclic) bond motifs is 1.